The molecule has 4 aliphatic rings. The summed E-state index contributed by atoms with van der Waals surface area (Å²) in [4.78, 5) is 6.58. The molecule has 1 aromatic heterocycles. The highest BCUT2D eigenvalue weighted by Gasteiger charge is 2.53. The van der Waals surface area contributed by atoms with Crippen molar-refractivity contribution in [1.82, 2.24) is 0 Å². The van der Waals surface area contributed by atoms with Crippen molar-refractivity contribution in [2.45, 2.75) is 36.7 Å². The second kappa shape index (κ2) is 12.3. The second-order valence-corrected chi connectivity index (χ2v) is 17.9. The summed E-state index contributed by atoms with van der Waals surface area (Å²) in [5.74, 6) is 0. The van der Waals surface area contributed by atoms with E-state index in [0.717, 1.165) is 98.8 Å². The summed E-state index contributed by atoms with van der Waals surface area (Å²) >= 11 is 1.74. The minimum Gasteiger partial charge on any atom is -0.456 e. The van der Waals surface area contributed by atoms with Crippen LogP contribution in [-0.4, -0.2) is 13.4 Å². The van der Waals surface area contributed by atoms with Gasteiger partial charge in [0.2, 0.25) is 6.71 Å². The molecule has 61 heavy (non-hydrogen) atoms. The van der Waals surface area contributed by atoms with E-state index in [-0.39, 0.29) is 19.1 Å². The highest BCUT2D eigenvalue weighted by atomic mass is 32.2. The molecule has 9 heteroatoms. The Kier molecular flexibility index (Phi) is 7.08. The molecule has 9 aromatic rings. The SMILES string of the molecule is Cc1ccc2c(c1)B1c3ccccc3Sc3c1c1c4c(c3-c3cccc5oc6ccccc6c35)N(c3ccccc3C(F)(F)F)c3ccc(C)cc3B4c3cc(C)ccc3N21. The maximum Gasteiger partial charge on any atom is 0.418 e. The van der Waals surface area contributed by atoms with Crippen molar-refractivity contribution in [3.8, 4) is 11.1 Å². The van der Waals surface area contributed by atoms with Crippen LogP contribution in [0.2, 0.25) is 0 Å². The van der Waals surface area contributed by atoms with Gasteiger partial charge < -0.3 is 14.2 Å². The largest absolute Gasteiger partial charge is 0.456 e. The van der Waals surface area contributed by atoms with Gasteiger partial charge in [0.1, 0.15) is 11.2 Å². The van der Waals surface area contributed by atoms with Crippen LogP contribution in [-0.2, 0) is 6.18 Å². The van der Waals surface area contributed by atoms with Gasteiger partial charge in [-0.2, -0.15) is 13.2 Å². The lowest BCUT2D eigenvalue weighted by atomic mass is 9.29. The average Bonchev–Trinajstić information content (AvgIpc) is 3.65. The Bertz CT molecular complexity index is 3430. The molecule has 0 atom stereocenters. The van der Waals surface area contributed by atoms with Gasteiger partial charge in [0.25, 0.3) is 6.71 Å². The van der Waals surface area contributed by atoms with Gasteiger partial charge in [-0.3, -0.25) is 0 Å². The number of fused-ring (bicyclic) bond motifs is 13. The van der Waals surface area contributed by atoms with Gasteiger partial charge in [0, 0.05) is 48.9 Å². The van der Waals surface area contributed by atoms with Crippen molar-refractivity contribution in [2.75, 3.05) is 9.80 Å². The van der Waals surface area contributed by atoms with Crippen LogP contribution in [0, 0.1) is 20.8 Å². The lowest BCUT2D eigenvalue weighted by Gasteiger charge is -2.50. The van der Waals surface area contributed by atoms with E-state index in [1.165, 1.54) is 34.1 Å². The van der Waals surface area contributed by atoms with Gasteiger partial charge in [-0.25, -0.2) is 0 Å². The smallest absolute Gasteiger partial charge is 0.418 e. The minimum absolute atomic E-state index is 0.0959. The average molecular weight is 813 g/mol. The van der Waals surface area contributed by atoms with Crippen LogP contribution in [0.3, 0.4) is 0 Å². The first kappa shape index (κ1) is 35.2. The molecule has 5 heterocycles. The monoisotopic (exact) mass is 812 g/mol. The number of hydrogen-bond acceptors (Lipinski definition) is 4. The van der Waals surface area contributed by atoms with Crippen molar-refractivity contribution in [3.63, 3.8) is 0 Å². The number of furan rings is 1. The second-order valence-electron chi connectivity index (χ2n) is 16.9. The lowest BCUT2D eigenvalue weighted by molar-refractivity contribution is -0.137. The zero-order valence-corrected chi connectivity index (χ0v) is 34.2. The molecular formula is C52H33B2F3N2OS. The van der Waals surface area contributed by atoms with Gasteiger partial charge in [-0.1, -0.05) is 131 Å². The van der Waals surface area contributed by atoms with E-state index in [4.69, 9.17) is 4.42 Å². The number of benzene rings is 8. The molecule has 0 fully saturated rings. The number of rotatable bonds is 2. The maximum atomic E-state index is 15.6. The Morgan fingerprint density at radius 2 is 1.10 bits per heavy atom. The third-order valence-corrected chi connectivity index (χ3v) is 14.5. The zero-order chi connectivity index (χ0) is 41.1. The van der Waals surface area contributed by atoms with E-state index in [2.05, 4.69) is 105 Å². The topological polar surface area (TPSA) is 19.6 Å². The number of anilines is 6. The van der Waals surface area contributed by atoms with Gasteiger partial charge >= 0.3 is 6.18 Å². The van der Waals surface area contributed by atoms with Crippen LogP contribution in [0.4, 0.5) is 47.3 Å². The normalized spacial score (nSPS) is 14.2. The van der Waals surface area contributed by atoms with Crippen LogP contribution >= 0.6 is 11.8 Å². The third kappa shape index (κ3) is 4.70. The molecular weight excluding hydrogens is 779 g/mol. The molecule has 0 radical (unpaired) electrons. The van der Waals surface area contributed by atoms with E-state index < -0.39 is 11.7 Å². The van der Waals surface area contributed by atoms with Gasteiger partial charge in [0.05, 0.1) is 16.9 Å². The van der Waals surface area contributed by atoms with Crippen LogP contribution in [0.5, 0.6) is 0 Å². The van der Waals surface area contributed by atoms with Gasteiger partial charge in [0.15, 0.2) is 0 Å². The summed E-state index contributed by atoms with van der Waals surface area (Å²) in [6, 6.07) is 48.8. The molecule has 3 nitrogen and oxygen atoms in total. The maximum absolute atomic E-state index is 15.6. The van der Waals surface area contributed by atoms with E-state index in [0.29, 0.717) is 0 Å². The standard InChI is InChI=1S/C52H33B2F3N2OS/c1-28-20-23-40-35(25-28)53-34-14-6-9-18-44(34)61-51-46(32-12-10-17-43-45(32)31-11-4-8-16-42(31)60-43)49-47-50(48(51)53)59(40)41-24-21-30(3)27-37(41)54(47)36-26-29(2)19-22-39(36)58(49)38-15-7-5-13-33(38)52(55,56)57/h4-27H,1-3H3. The summed E-state index contributed by atoms with van der Waals surface area (Å²) in [7, 11) is 0. The summed E-state index contributed by atoms with van der Waals surface area (Å²) in [6.45, 7) is 5.95. The fraction of sp³-hybridized carbons (Fsp3) is 0.0769. The summed E-state index contributed by atoms with van der Waals surface area (Å²) < 4.78 is 53.3. The number of aryl methyl sites for hydroxylation is 3. The molecule has 0 N–H and O–H groups in total. The quantitative estimate of drug-likeness (QED) is 0.162. The first-order chi connectivity index (χ1) is 29.7. The Balaban J connectivity index is 1.30. The van der Waals surface area contributed by atoms with Crippen molar-refractivity contribution in [2.24, 2.45) is 0 Å². The van der Waals surface area contributed by atoms with Gasteiger partial charge in [-0.15, -0.1) is 0 Å². The number of alkyl halides is 3. The minimum atomic E-state index is -4.62. The first-order valence-electron chi connectivity index (χ1n) is 20.6. The van der Waals surface area contributed by atoms with Crippen molar-refractivity contribution < 1.29 is 17.6 Å². The Morgan fingerprint density at radius 3 is 1.79 bits per heavy atom. The molecule has 8 aromatic carbocycles. The number of para-hydroxylation sites is 2. The van der Waals surface area contributed by atoms with Crippen LogP contribution in [0.1, 0.15) is 22.3 Å². The Labute approximate surface area is 355 Å². The molecule has 0 saturated heterocycles. The van der Waals surface area contributed by atoms with Gasteiger partial charge in [-0.05, 0) is 102 Å². The predicted octanol–water partition coefficient (Wildman–Crippen LogP) is 10.6. The summed E-state index contributed by atoms with van der Waals surface area (Å²) in [6.07, 6.45) is -4.62. The number of nitrogens with zero attached hydrogens (tertiary/aromatic N) is 2. The summed E-state index contributed by atoms with van der Waals surface area (Å²) in [5, 5.41) is 1.91. The van der Waals surface area contributed by atoms with Crippen LogP contribution < -0.4 is 42.6 Å². The lowest BCUT2D eigenvalue weighted by Crippen LogP contribution is -2.68. The molecule has 0 aliphatic carbocycles. The van der Waals surface area contributed by atoms with E-state index in [9.17, 15) is 0 Å². The highest BCUT2D eigenvalue weighted by Crippen LogP contribution is 2.56. The molecule has 4 aliphatic heterocycles. The van der Waals surface area contributed by atoms with Crippen molar-refractivity contribution in [3.05, 3.63) is 168 Å². The van der Waals surface area contributed by atoms with Crippen molar-refractivity contribution >= 4 is 114 Å². The molecule has 0 spiro atoms. The summed E-state index contributed by atoms with van der Waals surface area (Å²) in [5.41, 5.74) is 17.6. The van der Waals surface area contributed by atoms with Crippen LogP contribution in [0.15, 0.2) is 160 Å². The third-order valence-electron chi connectivity index (χ3n) is 13.3. The molecule has 0 saturated carbocycles. The predicted molar refractivity (Wildman–Crippen MR) is 248 cm³/mol. The fourth-order valence-electron chi connectivity index (χ4n) is 10.9. The Morgan fingerprint density at radius 1 is 0.525 bits per heavy atom. The Hall–Kier alpha value is -6.57. The highest BCUT2D eigenvalue weighted by molar-refractivity contribution is 8.00. The zero-order valence-electron chi connectivity index (χ0n) is 33.4. The molecule has 0 bridgehead atoms. The fourth-order valence-corrected chi connectivity index (χ4v) is 12.3. The molecule has 0 unspecified atom stereocenters. The number of halogens is 3. The van der Waals surface area contributed by atoms with Crippen molar-refractivity contribution in [1.29, 1.82) is 0 Å². The molecule has 290 valence electrons. The molecule has 0 amide bonds. The van der Waals surface area contributed by atoms with Crippen LogP contribution in [0.25, 0.3) is 33.1 Å². The van der Waals surface area contributed by atoms with E-state index >= 15 is 13.2 Å². The van der Waals surface area contributed by atoms with E-state index in [1.807, 2.05) is 47.4 Å². The molecule has 13 rings (SSSR count). The van der Waals surface area contributed by atoms with E-state index in [1.54, 1.807) is 23.9 Å². The first-order valence-corrected chi connectivity index (χ1v) is 21.5. The number of hydrogen-bond donors (Lipinski definition) is 0.